The van der Waals surface area contributed by atoms with Crippen LogP contribution in [0.15, 0.2) is 22.6 Å². The van der Waals surface area contributed by atoms with E-state index in [-0.39, 0.29) is 30.3 Å². The molecule has 1 amide bonds. The summed E-state index contributed by atoms with van der Waals surface area (Å²) in [6, 6.07) is 1.75. The molecule has 104 valence electrons. The fourth-order valence-corrected chi connectivity index (χ4v) is 2.30. The Morgan fingerprint density at radius 2 is 2.32 bits per heavy atom. The van der Waals surface area contributed by atoms with Crippen LogP contribution in [0.1, 0.15) is 6.42 Å². The number of carbonyl (C=O) groups is 1. The molecule has 19 heavy (non-hydrogen) atoms. The molecule has 0 saturated heterocycles. The van der Waals surface area contributed by atoms with Crippen LogP contribution < -0.4 is 16.6 Å². The Hall–Kier alpha value is -1.44. The summed E-state index contributed by atoms with van der Waals surface area (Å²) >= 11 is 1.43. The third-order valence-electron chi connectivity index (χ3n) is 2.50. The number of hydrogen-bond donors (Lipinski definition) is 2. The maximum Gasteiger partial charge on any atom is 0.262 e. The van der Waals surface area contributed by atoms with E-state index >= 15 is 0 Å². The second kappa shape index (κ2) is 7.22. The van der Waals surface area contributed by atoms with Crippen molar-refractivity contribution in [3.05, 3.63) is 28.1 Å². The van der Waals surface area contributed by atoms with Crippen LogP contribution in [-0.4, -0.2) is 28.5 Å². The molecule has 2 aromatic rings. The van der Waals surface area contributed by atoms with Gasteiger partial charge in [-0.25, -0.2) is 4.98 Å². The Morgan fingerprint density at radius 3 is 3.05 bits per heavy atom. The zero-order chi connectivity index (χ0) is 13.0. The number of hydrogen-bond acceptors (Lipinski definition) is 5. The van der Waals surface area contributed by atoms with Gasteiger partial charge in [-0.3, -0.25) is 14.2 Å². The van der Waals surface area contributed by atoms with Crippen molar-refractivity contribution in [2.24, 2.45) is 5.73 Å². The van der Waals surface area contributed by atoms with Gasteiger partial charge in [0.25, 0.3) is 5.56 Å². The fraction of sp³-hybridized carbons (Fsp3) is 0.364. The van der Waals surface area contributed by atoms with E-state index in [4.69, 9.17) is 5.73 Å². The van der Waals surface area contributed by atoms with Crippen LogP contribution >= 0.6 is 23.7 Å². The van der Waals surface area contributed by atoms with Crippen molar-refractivity contribution >= 4 is 39.9 Å². The van der Waals surface area contributed by atoms with Gasteiger partial charge in [-0.05, 0) is 11.4 Å². The van der Waals surface area contributed by atoms with Crippen molar-refractivity contribution in [3.8, 4) is 0 Å². The average molecular weight is 303 g/mol. The topological polar surface area (TPSA) is 90.0 Å². The molecule has 0 saturated carbocycles. The highest BCUT2D eigenvalue weighted by Gasteiger charge is 2.06. The molecule has 0 spiro atoms. The molecule has 0 aromatic carbocycles. The standard InChI is InChI=1S/C11H14N4O2S.ClH/c12-3-4-13-9(16)1-5-15-7-14-10-8(11(15)17)2-6-18-10;/h2,6-7H,1,3-5,12H2,(H,13,16);1H. The number of nitrogens with two attached hydrogens (primary N) is 1. The van der Waals surface area contributed by atoms with Gasteiger partial charge in [0.1, 0.15) is 4.83 Å². The van der Waals surface area contributed by atoms with Gasteiger partial charge >= 0.3 is 0 Å². The maximum atomic E-state index is 12.0. The monoisotopic (exact) mass is 302 g/mol. The molecule has 3 N–H and O–H groups in total. The number of thiophene rings is 1. The first-order valence-corrected chi connectivity index (χ1v) is 6.49. The minimum atomic E-state index is -0.113. The van der Waals surface area contributed by atoms with Crippen LogP contribution in [0.3, 0.4) is 0 Å². The summed E-state index contributed by atoms with van der Waals surface area (Å²) in [5.41, 5.74) is 5.18. The van der Waals surface area contributed by atoms with E-state index in [2.05, 4.69) is 10.3 Å². The summed E-state index contributed by atoms with van der Waals surface area (Å²) in [7, 11) is 0. The van der Waals surface area contributed by atoms with E-state index in [1.807, 2.05) is 5.38 Å². The van der Waals surface area contributed by atoms with E-state index in [0.29, 0.717) is 25.0 Å². The second-order valence-corrected chi connectivity index (χ2v) is 4.67. The molecular weight excluding hydrogens is 288 g/mol. The number of aryl methyl sites for hydroxylation is 1. The van der Waals surface area contributed by atoms with Crippen molar-refractivity contribution in [1.82, 2.24) is 14.9 Å². The lowest BCUT2D eigenvalue weighted by atomic mass is 10.3. The SMILES string of the molecule is Cl.NCCNC(=O)CCn1cnc2sccc2c1=O. The zero-order valence-corrected chi connectivity index (χ0v) is 11.8. The molecule has 0 bridgehead atoms. The van der Waals surface area contributed by atoms with Gasteiger partial charge in [-0.15, -0.1) is 23.7 Å². The molecular formula is C11H15ClN4O2S. The number of amides is 1. The summed E-state index contributed by atoms with van der Waals surface area (Å²) in [6.45, 7) is 1.19. The van der Waals surface area contributed by atoms with Crippen LogP contribution in [0.4, 0.5) is 0 Å². The highest BCUT2D eigenvalue weighted by Crippen LogP contribution is 2.13. The Balaban J connectivity index is 0.00000180. The van der Waals surface area contributed by atoms with Crippen LogP contribution in [0.25, 0.3) is 10.2 Å². The first-order chi connectivity index (χ1) is 8.72. The number of fused-ring (bicyclic) bond motifs is 1. The largest absolute Gasteiger partial charge is 0.355 e. The number of rotatable bonds is 5. The van der Waals surface area contributed by atoms with Crippen molar-refractivity contribution < 1.29 is 4.79 Å². The quantitative estimate of drug-likeness (QED) is 0.833. The average Bonchev–Trinajstić information content (AvgIpc) is 2.84. The molecule has 0 fully saturated rings. The van der Waals surface area contributed by atoms with Gasteiger partial charge in [-0.1, -0.05) is 0 Å². The smallest absolute Gasteiger partial charge is 0.262 e. The van der Waals surface area contributed by atoms with Gasteiger partial charge in [0, 0.05) is 26.1 Å². The van der Waals surface area contributed by atoms with Crippen molar-refractivity contribution in [1.29, 1.82) is 0 Å². The third kappa shape index (κ3) is 3.76. The zero-order valence-electron chi connectivity index (χ0n) is 10.2. The lowest BCUT2D eigenvalue weighted by Gasteiger charge is -2.05. The summed E-state index contributed by atoms with van der Waals surface area (Å²) in [5.74, 6) is -0.113. The first-order valence-electron chi connectivity index (χ1n) is 5.62. The lowest BCUT2D eigenvalue weighted by Crippen LogP contribution is -2.31. The molecule has 0 aliphatic carbocycles. The summed E-state index contributed by atoms with van der Waals surface area (Å²) in [6.07, 6.45) is 1.73. The predicted molar refractivity (Wildman–Crippen MR) is 77.8 cm³/mol. The molecule has 2 heterocycles. The molecule has 0 radical (unpaired) electrons. The normalized spacial score (nSPS) is 10.2. The molecule has 8 heteroatoms. The number of carbonyl (C=O) groups excluding carboxylic acids is 1. The highest BCUT2D eigenvalue weighted by atomic mass is 35.5. The molecule has 2 rings (SSSR count). The molecule has 0 unspecified atom stereocenters. The number of halogens is 1. The van der Waals surface area contributed by atoms with Crippen molar-refractivity contribution in [2.45, 2.75) is 13.0 Å². The summed E-state index contributed by atoms with van der Waals surface area (Å²) < 4.78 is 1.46. The fourth-order valence-electron chi connectivity index (χ4n) is 1.57. The molecule has 0 aliphatic heterocycles. The Labute approximate surface area is 120 Å². The number of nitrogens with zero attached hydrogens (tertiary/aromatic N) is 2. The minimum absolute atomic E-state index is 0. The van der Waals surface area contributed by atoms with Crippen LogP contribution in [0.5, 0.6) is 0 Å². The lowest BCUT2D eigenvalue weighted by molar-refractivity contribution is -0.121. The van der Waals surface area contributed by atoms with E-state index < -0.39 is 0 Å². The Bertz CT molecular complexity index is 610. The van der Waals surface area contributed by atoms with E-state index in [1.54, 1.807) is 6.07 Å². The number of aromatic nitrogens is 2. The van der Waals surface area contributed by atoms with E-state index in [0.717, 1.165) is 4.83 Å². The van der Waals surface area contributed by atoms with Gasteiger partial charge < -0.3 is 11.1 Å². The minimum Gasteiger partial charge on any atom is -0.355 e. The first kappa shape index (κ1) is 15.6. The van der Waals surface area contributed by atoms with Crippen molar-refractivity contribution in [3.63, 3.8) is 0 Å². The van der Waals surface area contributed by atoms with E-state index in [1.165, 1.54) is 22.2 Å². The van der Waals surface area contributed by atoms with Crippen LogP contribution in [-0.2, 0) is 11.3 Å². The van der Waals surface area contributed by atoms with Gasteiger partial charge in [0.15, 0.2) is 0 Å². The molecule has 6 nitrogen and oxygen atoms in total. The molecule has 0 atom stereocenters. The maximum absolute atomic E-state index is 12.0. The van der Waals surface area contributed by atoms with Crippen molar-refractivity contribution in [2.75, 3.05) is 13.1 Å². The summed E-state index contributed by atoms with van der Waals surface area (Å²) in [5, 5.41) is 5.09. The van der Waals surface area contributed by atoms with E-state index in [9.17, 15) is 9.59 Å². The third-order valence-corrected chi connectivity index (χ3v) is 3.32. The Morgan fingerprint density at radius 1 is 1.53 bits per heavy atom. The van der Waals surface area contributed by atoms with Crippen LogP contribution in [0.2, 0.25) is 0 Å². The molecule has 0 aliphatic rings. The van der Waals surface area contributed by atoms with Gasteiger partial charge in [-0.2, -0.15) is 0 Å². The summed E-state index contributed by atoms with van der Waals surface area (Å²) in [4.78, 5) is 28.3. The van der Waals surface area contributed by atoms with Gasteiger partial charge in [0.2, 0.25) is 5.91 Å². The molecule has 2 aromatic heterocycles. The van der Waals surface area contributed by atoms with Gasteiger partial charge in [0.05, 0.1) is 11.7 Å². The highest BCUT2D eigenvalue weighted by molar-refractivity contribution is 7.16. The van der Waals surface area contributed by atoms with Crippen LogP contribution in [0, 0.1) is 0 Å². The Kier molecular flexibility index (Phi) is 5.94. The predicted octanol–water partition coefficient (Wildman–Crippen LogP) is 0.345. The number of nitrogens with one attached hydrogen (secondary N) is 1. The second-order valence-electron chi connectivity index (χ2n) is 3.77.